The lowest BCUT2D eigenvalue weighted by molar-refractivity contribution is 0.212. The first kappa shape index (κ1) is 17.0. The van der Waals surface area contributed by atoms with Gasteiger partial charge in [-0.1, -0.05) is 37.3 Å². The lowest BCUT2D eigenvalue weighted by atomic mass is 10.0. The molecule has 0 saturated carbocycles. The van der Waals surface area contributed by atoms with Crippen molar-refractivity contribution in [2.24, 2.45) is 0 Å². The molecule has 2 aromatic rings. The molecule has 0 unspecified atom stereocenters. The molecule has 1 aromatic carbocycles. The van der Waals surface area contributed by atoms with Crippen molar-refractivity contribution in [1.82, 2.24) is 15.6 Å². The average molecular weight is 313 g/mol. The van der Waals surface area contributed by atoms with Crippen molar-refractivity contribution in [2.45, 2.75) is 32.4 Å². The number of carbonyl (C=O) groups excluding carboxylic acids is 1. The highest BCUT2D eigenvalue weighted by Gasteiger charge is 2.12. The maximum Gasteiger partial charge on any atom is 0.315 e. The monoisotopic (exact) mass is 313 g/mol. The standard InChI is InChI=1S/C18H23N3O2/c1-3-17(12-22)21-18(23)20-13(2)14-6-8-15(9-7-14)16-5-4-10-19-11-16/h4-11,13,17,22H,3,12H2,1-2H3,(H2,20,21,23)/t13-,17+/m1/s1. The van der Waals surface area contributed by atoms with Crippen molar-refractivity contribution in [1.29, 1.82) is 0 Å². The number of hydrogen-bond donors (Lipinski definition) is 3. The number of aromatic nitrogens is 1. The summed E-state index contributed by atoms with van der Waals surface area (Å²) in [7, 11) is 0. The van der Waals surface area contributed by atoms with E-state index in [1.165, 1.54) is 0 Å². The molecule has 1 aromatic heterocycles. The third-order valence-corrected chi connectivity index (χ3v) is 3.80. The van der Waals surface area contributed by atoms with Crippen LogP contribution in [0.5, 0.6) is 0 Å². The van der Waals surface area contributed by atoms with Gasteiger partial charge in [0.1, 0.15) is 0 Å². The largest absolute Gasteiger partial charge is 0.394 e. The number of hydrogen-bond acceptors (Lipinski definition) is 3. The predicted molar refractivity (Wildman–Crippen MR) is 90.9 cm³/mol. The van der Waals surface area contributed by atoms with Gasteiger partial charge in [-0.15, -0.1) is 0 Å². The van der Waals surface area contributed by atoms with Crippen molar-refractivity contribution in [2.75, 3.05) is 6.61 Å². The maximum atomic E-state index is 11.9. The topological polar surface area (TPSA) is 74.2 Å². The molecule has 3 N–H and O–H groups in total. The second-order valence-corrected chi connectivity index (χ2v) is 5.49. The minimum absolute atomic E-state index is 0.0574. The highest BCUT2D eigenvalue weighted by Crippen LogP contribution is 2.21. The quantitative estimate of drug-likeness (QED) is 0.767. The summed E-state index contributed by atoms with van der Waals surface area (Å²) in [5, 5.41) is 14.7. The number of pyridine rings is 1. The fourth-order valence-electron chi connectivity index (χ4n) is 2.28. The van der Waals surface area contributed by atoms with Gasteiger partial charge in [-0.2, -0.15) is 0 Å². The van der Waals surface area contributed by atoms with E-state index in [2.05, 4.69) is 15.6 Å². The number of aliphatic hydroxyl groups is 1. The molecule has 0 aliphatic carbocycles. The number of aliphatic hydroxyl groups excluding tert-OH is 1. The van der Waals surface area contributed by atoms with Crippen LogP contribution in [0.15, 0.2) is 48.8 Å². The SMILES string of the molecule is CC[C@@H](CO)NC(=O)N[C@H](C)c1ccc(-c2cccnc2)cc1. The predicted octanol–water partition coefficient (Wildman–Crippen LogP) is 2.88. The zero-order valence-electron chi connectivity index (χ0n) is 13.5. The molecule has 2 rings (SSSR count). The Bertz CT molecular complexity index is 610. The third-order valence-electron chi connectivity index (χ3n) is 3.80. The molecule has 0 spiro atoms. The summed E-state index contributed by atoms with van der Waals surface area (Å²) in [4.78, 5) is 16.0. The van der Waals surface area contributed by atoms with E-state index in [1.807, 2.05) is 56.4 Å². The second kappa shape index (κ2) is 8.29. The number of carbonyl (C=O) groups is 1. The lowest BCUT2D eigenvalue weighted by Gasteiger charge is -2.19. The first-order valence-electron chi connectivity index (χ1n) is 7.82. The van der Waals surface area contributed by atoms with Crippen molar-refractivity contribution in [3.63, 3.8) is 0 Å². The fourth-order valence-corrected chi connectivity index (χ4v) is 2.28. The molecule has 23 heavy (non-hydrogen) atoms. The normalized spacial score (nSPS) is 13.2. The number of nitrogens with zero attached hydrogens (tertiary/aromatic N) is 1. The van der Waals surface area contributed by atoms with Gasteiger partial charge in [-0.05, 0) is 36.1 Å². The highest BCUT2D eigenvalue weighted by atomic mass is 16.3. The first-order valence-corrected chi connectivity index (χ1v) is 7.82. The molecule has 2 amide bonds. The smallest absolute Gasteiger partial charge is 0.315 e. The van der Waals surface area contributed by atoms with Gasteiger partial charge in [0, 0.05) is 12.4 Å². The van der Waals surface area contributed by atoms with Crippen LogP contribution in [0.25, 0.3) is 11.1 Å². The molecule has 0 fully saturated rings. The van der Waals surface area contributed by atoms with Gasteiger partial charge in [-0.3, -0.25) is 4.98 Å². The molecule has 1 heterocycles. The van der Waals surface area contributed by atoms with Gasteiger partial charge < -0.3 is 15.7 Å². The van der Waals surface area contributed by atoms with Gasteiger partial charge in [0.15, 0.2) is 0 Å². The molecular weight excluding hydrogens is 290 g/mol. The Hall–Kier alpha value is -2.40. The Labute approximate surface area is 136 Å². The van der Waals surface area contributed by atoms with Gasteiger partial charge in [0.05, 0.1) is 18.7 Å². The molecule has 2 atom stereocenters. The van der Waals surface area contributed by atoms with Crippen LogP contribution in [0.1, 0.15) is 31.9 Å². The summed E-state index contributed by atoms with van der Waals surface area (Å²) in [5.74, 6) is 0. The number of amides is 2. The second-order valence-electron chi connectivity index (χ2n) is 5.49. The van der Waals surface area contributed by atoms with Crippen molar-refractivity contribution < 1.29 is 9.90 Å². The number of urea groups is 1. The molecule has 0 aliphatic rings. The van der Waals surface area contributed by atoms with Crippen LogP contribution >= 0.6 is 0 Å². The lowest BCUT2D eigenvalue weighted by Crippen LogP contribution is -2.44. The van der Waals surface area contributed by atoms with Crippen LogP contribution in [-0.2, 0) is 0 Å². The van der Waals surface area contributed by atoms with E-state index < -0.39 is 0 Å². The van der Waals surface area contributed by atoms with E-state index >= 15 is 0 Å². The highest BCUT2D eigenvalue weighted by molar-refractivity contribution is 5.74. The van der Waals surface area contributed by atoms with Gasteiger partial charge in [-0.25, -0.2) is 4.79 Å². The molecular formula is C18H23N3O2. The number of benzene rings is 1. The Morgan fingerprint density at radius 2 is 1.91 bits per heavy atom. The molecule has 0 saturated heterocycles. The van der Waals surface area contributed by atoms with Crippen LogP contribution in [0.2, 0.25) is 0 Å². The van der Waals surface area contributed by atoms with E-state index in [-0.39, 0.29) is 24.7 Å². The third kappa shape index (κ3) is 4.79. The Morgan fingerprint density at radius 1 is 1.17 bits per heavy atom. The average Bonchev–Trinajstić information content (AvgIpc) is 2.60. The van der Waals surface area contributed by atoms with Crippen LogP contribution < -0.4 is 10.6 Å². The Morgan fingerprint density at radius 3 is 2.48 bits per heavy atom. The fraction of sp³-hybridized carbons (Fsp3) is 0.333. The van der Waals surface area contributed by atoms with E-state index in [4.69, 9.17) is 5.11 Å². The molecule has 122 valence electrons. The van der Waals surface area contributed by atoms with Crippen molar-refractivity contribution in [3.8, 4) is 11.1 Å². The van der Waals surface area contributed by atoms with Crippen molar-refractivity contribution >= 4 is 6.03 Å². The van der Waals surface area contributed by atoms with E-state index in [0.29, 0.717) is 6.42 Å². The minimum atomic E-state index is -0.269. The van der Waals surface area contributed by atoms with Crippen LogP contribution in [-0.4, -0.2) is 28.8 Å². The Balaban J connectivity index is 1.97. The summed E-state index contributed by atoms with van der Waals surface area (Å²) < 4.78 is 0. The Kier molecular flexibility index (Phi) is 6.11. The number of nitrogens with one attached hydrogen (secondary N) is 2. The maximum absolute atomic E-state index is 11.9. The summed E-state index contributed by atoms with van der Waals surface area (Å²) in [6.45, 7) is 3.79. The first-order chi connectivity index (χ1) is 11.1. The zero-order chi connectivity index (χ0) is 16.7. The van der Waals surface area contributed by atoms with E-state index in [1.54, 1.807) is 6.20 Å². The zero-order valence-corrected chi connectivity index (χ0v) is 13.5. The minimum Gasteiger partial charge on any atom is -0.394 e. The van der Waals surface area contributed by atoms with Gasteiger partial charge in [0.2, 0.25) is 0 Å². The van der Waals surface area contributed by atoms with Crippen molar-refractivity contribution in [3.05, 3.63) is 54.4 Å². The van der Waals surface area contributed by atoms with Crippen LogP contribution in [0, 0.1) is 0 Å². The van der Waals surface area contributed by atoms with Gasteiger partial charge >= 0.3 is 6.03 Å². The summed E-state index contributed by atoms with van der Waals surface area (Å²) in [6, 6.07) is 11.3. The molecule has 5 heteroatoms. The molecule has 5 nitrogen and oxygen atoms in total. The summed E-state index contributed by atoms with van der Waals surface area (Å²) in [6.07, 6.45) is 4.26. The molecule has 0 bridgehead atoms. The molecule has 0 radical (unpaired) electrons. The summed E-state index contributed by atoms with van der Waals surface area (Å²) in [5.41, 5.74) is 3.17. The van der Waals surface area contributed by atoms with Crippen LogP contribution in [0.3, 0.4) is 0 Å². The number of rotatable bonds is 6. The van der Waals surface area contributed by atoms with Crippen LogP contribution in [0.4, 0.5) is 4.79 Å². The van der Waals surface area contributed by atoms with Gasteiger partial charge in [0.25, 0.3) is 0 Å². The molecule has 0 aliphatic heterocycles. The van der Waals surface area contributed by atoms with E-state index in [9.17, 15) is 4.79 Å². The summed E-state index contributed by atoms with van der Waals surface area (Å²) >= 11 is 0. The van der Waals surface area contributed by atoms with E-state index in [0.717, 1.165) is 16.7 Å².